The highest BCUT2D eigenvalue weighted by Gasteiger charge is 2.47. The predicted molar refractivity (Wildman–Crippen MR) is 58.4 cm³/mol. The first kappa shape index (κ1) is 9.64. The smallest absolute Gasteiger partial charge is 0.223 e. The van der Waals surface area contributed by atoms with Crippen LogP contribution in [0.25, 0.3) is 0 Å². The summed E-state index contributed by atoms with van der Waals surface area (Å²) in [5, 5.41) is 6.45. The molecule has 2 unspecified atom stereocenters. The van der Waals surface area contributed by atoms with Crippen LogP contribution in [0.3, 0.4) is 0 Å². The van der Waals surface area contributed by atoms with Crippen LogP contribution in [0.1, 0.15) is 32.1 Å². The van der Waals surface area contributed by atoms with Crippen LogP contribution in [0, 0.1) is 17.8 Å². The maximum atomic E-state index is 11.7. The Bertz CT molecular complexity index is 252. The summed E-state index contributed by atoms with van der Waals surface area (Å²) in [4.78, 5) is 11.7. The van der Waals surface area contributed by atoms with Gasteiger partial charge in [-0.25, -0.2) is 0 Å². The molecule has 3 rings (SSSR count). The fraction of sp³-hybridized carbons (Fsp3) is 0.917. The van der Waals surface area contributed by atoms with Crippen LogP contribution in [-0.4, -0.2) is 25.0 Å². The summed E-state index contributed by atoms with van der Waals surface area (Å²) in [7, 11) is 0. The van der Waals surface area contributed by atoms with Gasteiger partial charge in [-0.15, -0.1) is 0 Å². The number of carbonyl (C=O) groups is 1. The number of rotatable bonds is 5. The molecular weight excluding hydrogens is 188 g/mol. The van der Waals surface area contributed by atoms with E-state index < -0.39 is 0 Å². The van der Waals surface area contributed by atoms with Gasteiger partial charge in [-0.1, -0.05) is 0 Å². The molecule has 0 aromatic heterocycles. The summed E-state index contributed by atoms with van der Waals surface area (Å²) >= 11 is 0. The number of hydrogen-bond donors (Lipinski definition) is 2. The van der Waals surface area contributed by atoms with Crippen molar-refractivity contribution in [3.63, 3.8) is 0 Å². The molecule has 3 heteroatoms. The van der Waals surface area contributed by atoms with E-state index in [2.05, 4.69) is 10.6 Å². The first-order valence-corrected chi connectivity index (χ1v) is 6.34. The number of nitrogens with one attached hydrogen (secondary N) is 2. The molecule has 3 nitrogen and oxygen atoms in total. The van der Waals surface area contributed by atoms with Gasteiger partial charge >= 0.3 is 0 Å². The summed E-state index contributed by atoms with van der Waals surface area (Å²) in [6.07, 6.45) is 6.35. The van der Waals surface area contributed by atoms with Gasteiger partial charge in [-0.2, -0.15) is 0 Å². The van der Waals surface area contributed by atoms with E-state index in [9.17, 15) is 4.79 Å². The second-order valence-corrected chi connectivity index (χ2v) is 5.44. The molecule has 0 heterocycles. The molecule has 0 radical (unpaired) electrons. The van der Waals surface area contributed by atoms with E-state index in [0.717, 1.165) is 43.8 Å². The van der Waals surface area contributed by atoms with E-state index in [1.54, 1.807) is 0 Å². The third-order valence-electron chi connectivity index (χ3n) is 4.05. The van der Waals surface area contributed by atoms with Crippen LogP contribution in [0.2, 0.25) is 0 Å². The van der Waals surface area contributed by atoms with E-state index in [0.29, 0.717) is 11.8 Å². The number of fused-ring (bicyclic) bond motifs is 1. The minimum atomic E-state index is 0.305. The van der Waals surface area contributed by atoms with Crippen LogP contribution >= 0.6 is 0 Å². The minimum Gasteiger partial charge on any atom is -0.355 e. The fourth-order valence-corrected chi connectivity index (χ4v) is 2.82. The standard InChI is InChI=1S/C12H20N2O/c15-12(10-6-8-5-9(8)7-10)14-4-3-13-11-1-2-11/h8-11,13H,1-7H2,(H,14,15). The Morgan fingerprint density at radius 3 is 2.47 bits per heavy atom. The van der Waals surface area contributed by atoms with Crippen molar-refractivity contribution in [2.75, 3.05) is 13.1 Å². The number of hydrogen-bond acceptors (Lipinski definition) is 2. The second-order valence-electron chi connectivity index (χ2n) is 5.44. The van der Waals surface area contributed by atoms with Crippen LogP contribution in [-0.2, 0) is 4.79 Å². The van der Waals surface area contributed by atoms with E-state index in [-0.39, 0.29) is 0 Å². The molecule has 15 heavy (non-hydrogen) atoms. The van der Waals surface area contributed by atoms with Gasteiger partial charge in [0.05, 0.1) is 0 Å². The Balaban J connectivity index is 1.30. The van der Waals surface area contributed by atoms with Crippen LogP contribution in [0.15, 0.2) is 0 Å². The lowest BCUT2D eigenvalue weighted by Gasteiger charge is -2.12. The van der Waals surface area contributed by atoms with Crippen molar-refractivity contribution < 1.29 is 4.79 Å². The van der Waals surface area contributed by atoms with Crippen molar-refractivity contribution in [3.8, 4) is 0 Å². The molecule has 3 aliphatic carbocycles. The van der Waals surface area contributed by atoms with Gasteiger partial charge in [0.15, 0.2) is 0 Å². The third-order valence-corrected chi connectivity index (χ3v) is 4.05. The largest absolute Gasteiger partial charge is 0.355 e. The Morgan fingerprint density at radius 1 is 1.07 bits per heavy atom. The molecule has 0 bridgehead atoms. The zero-order valence-electron chi connectivity index (χ0n) is 9.17. The first-order chi connectivity index (χ1) is 7.33. The summed E-state index contributed by atoms with van der Waals surface area (Å²) < 4.78 is 0. The quantitative estimate of drug-likeness (QED) is 0.659. The van der Waals surface area contributed by atoms with Gasteiger partial charge in [-0.05, 0) is 43.9 Å². The summed E-state index contributed by atoms with van der Waals surface area (Å²) in [5.74, 6) is 2.46. The Hall–Kier alpha value is -0.570. The predicted octanol–water partition coefficient (Wildman–Crippen LogP) is 0.901. The number of carbonyl (C=O) groups excluding carboxylic acids is 1. The normalized spacial score (nSPS) is 37.5. The second kappa shape index (κ2) is 3.78. The zero-order valence-corrected chi connectivity index (χ0v) is 9.17. The average molecular weight is 208 g/mol. The molecule has 2 N–H and O–H groups in total. The van der Waals surface area contributed by atoms with E-state index in [1.165, 1.54) is 19.3 Å². The summed E-state index contributed by atoms with van der Waals surface area (Å²) in [5.41, 5.74) is 0. The van der Waals surface area contributed by atoms with Gasteiger partial charge in [-0.3, -0.25) is 4.79 Å². The van der Waals surface area contributed by atoms with Crippen LogP contribution in [0.4, 0.5) is 0 Å². The van der Waals surface area contributed by atoms with Gasteiger partial charge in [0.1, 0.15) is 0 Å². The summed E-state index contributed by atoms with van der Waals surface area (Å²) in [6.45, 7) is 1.75. The van der Waals surface area contributed by atoms with Crippen molar-refractivity contribution >= 4 is 5.91 Å². The molecule has 0 aromatic carbocycles. The highest BCUT2D eigenvalue weighted by atomic mass is 16.1. The Kier molecular flexibility index (Phi) is 2.43. The lowest BCUT2D eigenvalue weighted by atomic mass is 10.0. The minimum absolute atomic E-state index is 0.305. The molecule has 3 fully saturated rings. The maximum Gasteiger partial charge on any atom is 0.223 e. The lowest BCUT2D eigenvalue weighted by Crippen LogP contribution is -2.36. The Morgan fingerprint density at radius 2 is 1.80 bits per heavy atom. The van der Waals surface area contributed by atoms with Gasteiger partial charge in [0.25, 0.3) is 0 Å². The van der Waals surface area contributed by atoms with Crippen molar-refractivity contribution in [2.45, 2.75) is 38.1 Å². The third kappa shape index (κ3) is 2.33. The zero-order chi connectivity index (χ0) is 10.3. The molecule has 2 atom stereocenters. The van der Waals surface area contributed by atoms with E-state index in [1.807, 2.05) is 0 Å². The molecule has 0 aliphatic heterocycles. The van der Waals surface area contributed by atoms with Crippen LogP contribution < -0.4 is 10.6 Å². The van der Waals surface area contributed by atoms with Crippen molar-refractivity contribution in [3.05, 3.63) is 0 Å². The summed E-state index contributed by atoms with van der Waals surface area (Å²) in [6, 6.07) is 0.751. The van der Waals surface area contributed by atoms with Gasteiger partial charge < -0.3 is 10.6 Å². The lowest BCUT2D eigenvalue weighted by molar-refractivity contribution is -0.125. The SMILES string of the molecule is O=C(NCCNC1CC1)C1CC2CC2C1. The highest BCUT2D eigenvalue weighted by molar-refractivity contribution is 5.79. The molecule has 0 saturated heterocycles. The fourth-order valence-electron chi connectivity index (χ4n) is 2.82. The Labute approximate surface area is 91.0 Å². The van der Waals surface area contributed by atoms with Crippen molar-refractivity contribution in [1.29, 1.82) is 0 Å². The van der Waals surface area contributed by atoms with Crippen molar-refractivity contribution in [1.82, 2.24) is 10.6 Å². The highest BCUT2D eigenvalue weighted by Crippen LogP contribution is 2.54. The van der Waals surface area contributed by atoms with Crippen LogP contribution in [0.5, 0.6) is 0 Å². The monoisotopic (exact) mass is 208 g/mol. The molecule has 3 saturated carbocycles. The molecular formula is C12H20N2O. The van der Waals surface area contributed by atoms with Gasteiger partial charge in [0, 0.05) is 25.0 Å². The molecule has 84 valence electrons. The van der Waals surface area contributed by atoms with E-state index >= 15 is 0 Å². The molecule has 1 amide bonds. The maximum absolute atomic E-state index is 11.7. The molecule has 3 aliphatic rings. The first-order valence-electron chi connectivity index (χ1n) is 6.34. The molecule has 0 aromatic rings. The topological polar surface area (TPSA) is 41.1 Å². The van der Waals surface area contributed by atoms with Gasteiger partial charge in [0.2, 0.25) is 5.91 Å². The van der Waals surface area contributed by atoms with Crippen molar-refractivity contribution in [2.24, 2.45) is 17.8 Å². The number of amides is 1. The average Bonchev–Trinajstić information content (AvgIpc) is 3.15. The molecule has 0 spiro atoms. The van der Waals surface area contributed by atoms with E-state index in [4.69, 9.17) is 0 Å².